The third kappa shape index (κ3) is 4.51. The van der Waals surface area contributed by atoms with Crippen molar-refractivity contribution in [2.24, 2.45) is 5.92 Å². The highest BCUT2D eigenvalue weighted by molar-refractivity contribution is 7.89. The van der Waals surface area contributed by atoms with E-state index in [1.165, 1.54) is 16.4 Å². The minimum absolute atomic E-state index is 0.0788. The van der Waals surface area contributed by atoms with Gasteiger partial charge in [-0.25, -0.2) is 8.42 Å². The number of nitrogens with zero attached hydrogens (tertiary/aromatic N) is 3. The Morgan fingerprint density at radius 3 is 2.52 bits per heavy atom. The van der Waals surface area contributed by atoms with Crippen LogP contribution >= 0.6 is 0 Å². The van der Waals surface area contributed by atoms with Crippen LogP contribution in [0.3, 0.4) is 0 Å². The van der Waals surface area contributed by atoms with E-state index in [0.717, 1.165) is 0 Å². The van der Waals surface area contributed by atoms with E-state index in [0.29, 0.717) is 50.8 Å². The first-order valence-corrected chi connectivity index (χ1v) is 11.1. The van der Waals surface area contributed by atoms with Gasteiger partial charge in [0.1, 0.15) is 5.92 Å². The number of amides is 1. The number of hydrogen-bond donors (Lipinski definition) is 1. The van der Waals surface area contributed by atoms with Gasteiger partial charge < -0.3 is 15.0 Å². The number of nitrogens with one attached hydrogen (secondary N) is 1. The Bertz CT molecular complexity index is 880. The molecular formula is C18H26N4O6S. The Morgan fingerprint density at radius 1 is 1.31 bits per heavy atom. The number of carbonyl (C=O) groups excluding carboxylic acids is 1. The molecule has 1 saturated carbocycles. The second-order valence-corrected chi connectivity index (χ2v) is 8.99. The quantitative estimate of drug-likeness (QED) is 0.489. The molecule has 1 N–H and O–H groups in total. The van der Waals surface area contributed by atoms with Gasteiger partial charge in [0.2, 0.25) is 22.0 Å². The molecule has 1 aliphatic carbocycles. The SMILES string of the molecule is CCN(CC)S(=O)(=O)c1ccc(N2CCOCC2)c(NC(=O)[C@@H]2C[C@@H]2[N+](=O)[O-])c1. The van der Waals surface area contributed by atoms with E-state index >= 15 is 0 Å². The molecule has 1 aromatic carbocycles. The zero-order valence-corrected chi connectivity index (χ0v) is 17.4. The van der Waals surface area contributed by atoms with Gasteiger partial charge in [-0.1, -0.05) is 13.8 Å². The molecule has 10 nitrogen and oxygen atoms in total. The van der Waals surface area contributed by atoms with Gasteiger partial charge in [-0.3, -0.25) is 14.9 Å². The zero-order chi connectivity index (χ0) is 21.2. The molecule has 1 aromatic rings. The van der Waals surface area contributed by atoms with E-state index in [4.69, 9.17) is 4.74 Å². The molecule has 2 aliphatic rings. The summed E-state index contributed by atoms with van der Waals surface area (Å²) in [7, 11) is -3.71. The lowest BCUT2D eigenvalue weighted by Gasteiger charge is -2.31. The highest BCUT2D eigenvalue weighted by Crippen LogP contribution is 2.36. The molecular weight excluding hydrogens is 400 g/mol. The van der Waals surface area contributed by atoms with E-state index < -0.39 is 32.8 Å². The Balaban J connectivity index is 1.93. The van der Waals surface area contributed by atoms with E-state index in [1.54, 1.807) is 19.9 Å². The molecule has 0 aromatic heterocycles. The maximum absolute atomic E-state index is 12.9. The van der Waals surface area contributed by atoms with Crippen LogP contribution in [0.2, 0.25) is 0 Å². The van der Waals surface area contributed by atoms with Crippen LogP contribution in [0.4, 0.5) is 11.4 Å². The summed E-state index contributed by atoms with van der Waals surface area (Å²) in [6, 6.07) is 3.78. The van der Waals surface area contributed by atoms with Crippen LogP contribution in [0.25, 0.3) is 0 Å². The topological polar surface area (TPSA) is 122 Å². The van der Waals surface area contributed by atoms with Crippen molar-refractivity contribution in [3.63, 3.8) is 0 Å². The first-order chi connectivity index (χ1) is 13.8. The van der Waals surface area contributed by atoms with Crippen molar-refractivity contribution in [2.45, 2.75) is 31.2 Å². The van der Waals surface area contributed by atoms with Gasteiger partial charge in [0.05, 0.1) is 29.5 Å². The molecule has 29 heavy (non-hydrogen) atoms. The minimum Gasteiger partial charge on any atom is -0.378 e. The highest BCUT2D eigenvalue weighted by Gasteiger charge is 2.53. The minimum atomic E-state index is -3.71. The van der Waals surface area contributed by atoms with E-state index in [2.05, 4.69) is 5.32 Å². The average molecular weight is 426 g/mol. The number of nitro groups is 1. The molecule has 0 bridgehead atoms. The van der Waals surface area contributed by atoms with Gasteiger partial charge in [0, 0.05) is 37.5 Å². The molecule has 0 radical (unpaired) electrons. The van der Waals surface area contributed by atoms with Crippen LogP contribution in [0.5, 0.6) is 0 Å². The highest BCUT2D eigenvalue weighted by atomic mass is 32.2. The third-order valence-electron chi connectivity index (χ3n) is 5.29. The number of benzene rings is 1. The summed E-state index contributed by atoms with van der Waals surface area (Å²) in [6.07, 6.45) is 0.198. The fourth-order valence-electron chi connectivity index (χ4n) is 3.49. The summed E-state index contributed by atoms with van der Waals surface area (Å²) in [5.41, 5.74) is 1.03. The van der Waals surface area contributed by atoms with Gasteiger partial charge >= 0.3 is 0 Å². The lowest BCUT2D eigenvalue weighted by molar-refractivity contribution is -0.497. The van der Waals surface area contributed by atoms with Gasteiger partial charge in [-0.2, -0.15) is 4.31 Å². The summed E-state index contributed by atoms with van der Waals surface area (Å²) >= 11 is 0. The number of rotatable bonds is 8. The smallest absolute Gasteiger partial charge is 0.243 e. The van der Waals surface area contributed by atoms with Crippen LogP contribution in [0.1, 0.15) is 20.3 Å². The molecule has 11 heteroatoms. The van der Waals surface area contributed by atoms with E-state index in [-0.39, 0.29) is 11.3 Å². The first kappa shape index (κ1) is 21.5. The maximum atomic E-state index is 12.9. The molecule has 1 saturated heterocycles. The van der Waals surface area contributed by atoms with E-state index in [9.17, 15) is 23.3 Å². The van der Waals surface area contributed by atoms with Gasteiger partial charge in [-0.05, 0) is 18.2 Å². The predicted octanol–water partition coefficient (Wildman–Crippen LogP) is 1.16. The van der Waals surface area contributed by atoms with Crippen molar-refractivity contribution in [1.29, 1.82) is 0 Å². The van der Waals surface area contributed by atoms with Crippen LogP contribution < -0.4 is 10.2 Å². The zero-order valence-electron chi connectivity index (χ0n) is 16.5. The third-order valence-corrected chi connectivity index (χ3v) is 7.33. The number of anilines is 2. The Labute approximate surface area is 170 Å². The van der Waals surface area contributed by atoms with Gasteiger partial charge in [0.15, 0.2) is 0 Å². The largest absolute Gasteiger partial charge is 0.378 e. The predicted molar refractivity (Wildman–Crippen MR) is 107 cm³/mol. The Kier molecular flexibility index (Phi) is 6.39. The number of morpholine rings is 1. The molecule has 2 fully saturated rings. The lowest BCUT2D eigenvalue weighted by Crippen LogP contribution is -2.37. The average Bonchev–Trinajstić information content (AvgIpc) is 3.51. The molecule has 0 spiro atoms. The summed E-state index contributed by atoms with van der Waals surface area (Å²) < 4.78 is 32.5. The van der Waals surface area contributed by atoms with Crippen LogP contribution in [0.15, 0.2) is 23.1 Å². The molecule has 0 unspecified atom stereocenters. The summed E-state index contributed by atoms with van der Waals surface area (Å²) in [6.45, 7) is 6.44. The van der Waals surface area contributed by atoms with Gasteiger partial charge in [0.25, 0.3) is 0 Å². The number of hydrogen-bond acceptors (Lipinski definition) is 7. The fraction of sp³-hybridized carbons (Fsp3) is 0.611. The standard InChI is InChI=1S/C18H26N4O6S/c1-3-21(4-2)29(26,27)13-5-6-16(20-7-9-28-10-8-20)15(11-13)19-18(23)14-12-17(14)22(24)25/h5-6,11,14,17H,3-4,7-10,12H2,1-2H3,(H,19,23)/t14-,17+/m1/s1. The molecule has 3 rings (SSSR count). The van der Waals surface area contributed by atoms with Crippen LogP contribution in [-0.4, -0.2) is 69.0 Å². The van der Waals surface area contributed by atoms with Crippen LogP contribution in [-0.2, 0) is 19.6 Å². The fourth-order valence-corrected chi connectivity index (χ4v) is 4.97. The molecule has 1 amide bonds. The van der Waals surface area contributed by atoms with Crippen molar-refractivity contribution in [3.8, 4) is 0 Å². The lowest BCUT2D eigenvalue weighted by atomic mass is 10.2. The second kappa shape index (κ2) is 8.64. The number of ether oxygens (including phenoxy) is 1. The Hall–Kier alpha value is -2.24. The van der Waals surface area contributed by atoms with Crippen molar-refractivity contribution in [2.75, 3.05) is 49.6 Å². The van der Waals surface area contributed by atoms with Crippen LogP contribution in [0, 0.1) is 16.0 Å². The molecule has 1 aliphatic heterocycles. The Morgan fingerprint density at radius 2 is 1.97 bits per heavy atom. The maximum Gasteiger partial charge on any atom is 0.243 e. The number of carbonyl (C=O) groups is 1. The van der Waals surface area contributed by atoms with Crippen molar-refractivity contribution in [1.82, 2.24) is 4.31 Å². The van der Waals surface area contributed by atoms with Crippen molar-refractivity contribution in [3.05, 3.63) is 28.3 Å². The first-order valence-electron chi connectivity index (χ1n) is 9.70. The summed E-state index contributed by atoms with van der Waals surface area (Å²) in [5, 5.41) is 13.6. The van der Waals surface area contributed by atoms with Crippen molar-refractivity contribution >= 4 is 27.3 Å². The second-order valence-electron chi connectivity index (χ2n) is 7.05. The molecule has 2 atom stereocenters. The number of sulfonamides is 1. The summed E-state index contributed by atoms with van der Waals surface area (Å²) in [5.74, 6) is -1.15. The molecule has 1 heterocycles. The summed E-state index contributed by atoms with van der Waals surface area (Å²) in [4.78, 5) is 25.0. The van der Waals surface area contributed by atoms with Gasteiger partial charge in [-0.15, -0.1) is 0 Å². The van der Waals surface area contributed by atoms with E-state index in [1.807, 2.05) is 4.90 Å². The normalized spacial score (nSPS) is 21.8. The molecule has 160 valence electrons. The monoisotopic (exact) mass is 426 g/mol. The van der Waals surface area contributed by atoms with Crippen molar-refractivity contribution < 1.29 is 22.9 Å².